The Morgan fingerprint density at radius 1 is 1.36 bits per heavy atom. The Balaban J connectivity index is 2.69. The molecule has 1 aromatic rings. The third kappa shape index (κ3) is 3.42. The van der Waals surface area contributed by atoms with E-state index in [4.69, 9.17) is 8.19 Å². The van der Waals surface area contributed by atoms with Gasteiger partial charge in [0, 0.05) is 0 Å². The van der Waals surface area contributed by atoms with Gasteiger partial charge in [0.1, 0.15) is 0 Å². The second-order valence-corrected chi connectivity index (χ2v) is 5.38. The summed E-state index contributed by atoms with van der Waals surface area (Å²) in [4.78, 5) is 11.0. The van der Waals surface area contributed by atoms with Gasteiger partial charge in [-0.05, 0) is 0 Å². The van der Waals surface area contributed by atoms with Crippen molar-refractivity contribution in [1.82, 2.24) is 0 Å². The topological polar surface area (TPSA) is 69.6 Å². The molecule has 6 heteroatoms. The van der Waals surface area contributed by atoms with Crippen LogP contribution in [0.2, 0.25) is 0 Å². The molecule has 0 aliphatic heterocycles. The van der Waals surface area contributed by atoms with Crippen LogP contribution in [0, 0.1) is 0 Å². The molecule has 0 saturated carbocycles. The van der Waals surface area contributed by atoms with E-state index in [0.29, 0.717) is 10.0 Å². The van der Waals surface area contributed by atoms with Crippen molar-refractivity contribution >= 4 is 47.2 Å². The molecule has 0 heterocycles. The van der Waals surface area contributed by atoms with Crippen molar-refractivity contribution in [3.63, 3.8) is 0 Å². The zero-order chi connectivity index (χ0) is 10.6. The number of rotatable bonds is 3. The maximum absolute atomic E-state index is 11.0. The van der Waals surface area contributed by atoms with Gasteiger partial charge in [-0.3, -0.25) is 0 Å². The van der Waals surface area contributed by atoms with Crippen LogP contribution in [0.3, 0.4) is 0 Å². The van der Waals surface area contributed by atoms with Crippen LogP contribution in [0.5, 0.6) is 0 Å². The second kappa shape index (κ2) is 5.51. The van der Waals surface area contributed by atoms with Gasteiger partial charge in [-0.25, -0.2) is 0 Å². The normalized spacial score (nSPS) is 10.3. The van der Waals surface area contributed by atoms with Crippen molar-refractivity contribution in [3.8, 4) is 0 Å². The molecule has 1 aromatic carbocycles. The summed E-state index contributed by atoms with van der Waals surface area (Å²) in [6.07, 6.45) is 0. The summed E-state index contributed by atoms with van der Waals surface area (Å²) < 4.78 is 18.4. The van der Waals surface area contributed by atoms with Crippen molar-refractivity contribution in [2.75, 3.05) is 10.6 Å². The molecule has 14 heavy (non-hydrogen) atoms. The van der Waals surface area contributed by atoms with Gasteiger partial charge in [0.25, 0.3) is 0 Å². The first-order valence-electron chi connectivity index (χ1n) is 3.77. The van der Waals surface area contributed by atoms with Crippen molar-refractivity contribution in [2.24, 2.45) is 0 Å². The van der Waals surface area contributed by atoms with Crippen LogP contribution in [0.25, 0.3) is 0 Å². The first kappa shape index (κ1) is 11.7. The van der Waals surface area contributed by atoms with Gasteiger partial charge < -0.3 is 0 Å². The van der Waals surface area contributed by atoms with E-state index >= 15 is 0 Å². The number of amides is 1. The summed E-state index contributed by atoms with van der Waals surface area (Å²) in [7, 11) is 0. The van der Waals surface area contributed by atoms with E-state index in [1.54, 1.807) is 24.3 Å². The van der Waals surface area contributed by atoms with Crippen molar-refractivity contribution in [3.05, 3.63) is 24.3 Å². The molecular formula is C8H9AsBrNO3. The maximum atomic E-state index is 11.0. The predicted octanol–water partition coefficient (Wildman–Crippen LogP) is -0.300. The summed E-state index contributed by atoms with van der Waals surface area (Å²) in [6.45, 7) is 0. The Morgan fingerprint density at radius 2 is 1.93 bits per heavy atom. The summed E-state index contributed by atoms with van der Waals surface area (Å²) >= 11 is 0.249. The van der Waals surface area contributed by atoms with Crippen LogP contribution in [0.1, 0.15) is 0 Å². The summed E-state index contributed by atoms with van der Waals surface area (Å²) in [5, 5.41) is 2.87. The zero-order valence-corrected chi connectivity index (χ0v) is 10.6. The minimum absolute atomic E-state index is 0.139. The summed E-state index contributed by atoms with van der Waals surface area (Å²) in [6, 6.07) is 6.49. The number of hydrogen-bond donors (Lipinski definition) is 3. The van der Waals surface area contributed by atoms with E-state index in [1.807, 2.05) is 0 Å². The molecule has 1 rings (SSSR count). The van der Waals surface area contributed by atoms with Crippen molar-refractivity contribution in [2.45, 2.75) is 0 Å². The number of nitrogens with one attached hydrogen (secondary N) is 1. The van der Waals surface area contributed by atoms with Gasteiger partial charge >= 0.3 is 95.1 Å². The molecule has 1 amide bonds. The van der Waals surface area contributed by atoms with Gasteiger partial charge in [0.05, 0.1) is 0 Å². The van der Waals surface area contributed by atoms with Gasteiger partial charge in [0.15, 0.2) is 0 Å². The van der Waals surface area contributed by atoms with Gasteiger partial charge in [-0.2, -0.15) is 0 Å². The summed E-state index contributed by atoms with van der Waals surface area (Å²) in [5.74, 6) is -0.139. The fraction of sp³-hybridized carbons (Fsp3) is 0.125. The van der Waals surface area contributed by atoms with Crippen LogP contribution in [-0.4, -0.2) is 34.8 Å². The third-order valence-corrected chi connectivity index (χ3v) is 3.61. The number of carbonyl (C=O) groups excluding carboxylic acids is 1. The van der Waals surface area contributed by atoms with Crippen LogP contribution in [-0.2, 0) is 4.79 Å². The SMILES string of the molecule is O=C(CBr)Nc1ccc([As](O)O)cc1. The van der Waals surface area contributed by atoms with Crippen LogP contribution >= 0.6 is 15.9 Å². The molecular weight excluding hydrogens is 313 g/mol. The molecule has 0 saturated heterocycles. The quantitative estimate of drug-likeness (QED) is 0.529. The molecule has 0 spiro atoms. The monoisotopic (exact) mass is 321 g/mol. The Morgan fingerprint density at radius 3 is 2.36 bits per heavy atom. The number of benzene rings is 1. The molecule has 0 fully saturated rings. The molecule has 0 aromatic heterocycles. The van der Waals surface area contributed by atoms with E-state index < -0.39 is 15.3 Å². The fourth-order valence-corrected chi connectivity index (χ4v) is 1.88. The molecule has 3 N–H and O–H groups in total. The van der Waals surface area contributed by atoms with Crippen LogP contribution < -0.4 is 9.67 Å². The Bertz CT molecular complexity index is 315. The average molecular weight is 322 g/mol. The molecule has 0 atom stereocenters. The molecule has 0 aliphatic rings. The Labute approximate surface area is 95.0 Å². The van der Waals surface area contributed by atoms with E-state index in [-0.39, 0.29) is 11.2 Å². The first-order chi connectivity index (χ1) is 6.63. The predicted molar refractivity (Wildman–Crippen MR) is 58.7 cm³/mol. The Hall–Kier alpha value is -0.352. The van der Waals surface area contributed by atoms with E-state index in [2.05, 4.69) is 21.2 Å². The minimum atomic E-state index is -2.78. The van der Waals surface area contributed by atoms with Crippen molar-refractivity contribution < 1.29 is 13.0 Å². The second-order valence-electron chi connectivity index (χ2n) is 2.52. The standard InChI is InChI=1S/C8H9AsBrNO3/c10-5-8(12)11-7-3-1-6(2-4-7)9(13)14/h1-4,13-14H,5H2,(H,11,12). The molecule has 76 valence electrons. The van der Waals surface area contributed by atoms with E-state index in [0.717, 1.165) is 0 Å². The van der Waals surface area contributed by atoms with Gasteiger partial charge in [-0.15, -0.1) is 0 Å². The fourth-order valence-electron chi connectivity index (χ4n) is 0.872. The average Bonchev–Trinajstić information content (AvgIpc) is 2.18. The molecule has 0 aliphatic carbocycles. The van der Waals surface area contributed by atoms with Gasteiger partial charge in [-0.1, -0.05) is 0 Å². The number of anilines is 1. The third-order valence-electron chi connectivity index (χ3n) is 1.50. The molecule has 0 radical (unpaired) electrons. The summed E-state index contributed by atoms with van der Waals surface area (Å²) in [5.41, 5.74) is 0.647. The Kier molecular flexibility index (Phi) is 4.61. The first-order valence-corrected chi connectivity index (χ1v) is 7.51. The van der Waals surface area contributed by atoms with Gasteiger partial charge in [0.2, 0.25) is 0 Å². The van der Waals surface area contributed by atoms with Crippen LogP contribution in [0.4, 0.5) is 5.69 Å². The number of hydrogen-bond acceptors (Lipinski definition) is 3. The number of alkyl halides is 1. The molecule has 0 unspecified atom stereocenters. The number of halogens is 1. The van der Waals surface area contributed by atoms with Crippen molar-refractivity contribution in [1.29, 1.82) is 0 Å². The molecule has 0 bridgehead atoms. The zero-order valence-electron chi connectivity index (χ0n) is 7.14. The number of carbonyl (C=O) groups is 1. The van der Waals surface area contributed by atoms with E-state index in [9.17, 15) is 4.79 Å². The van der Waals surface area contributed by atoms with E-state index in [1.165, 1.54) is 0 Å². The molecule has 4 nitrogen and oxygen atoms in total. The van der Waals surface area contributed by atoms with Crippen LogP contribution in [0.15, 0.2) is 24.3 Å².